The van der Waals surface area contributed by atoms with Gasteiger partial charge < -0.3 is 18.7 Å². The standard InChI is InChI=1S/C21H18ClNO5/c1-25-19-5-3-4-15(21(19)26-2)8-11-20(24)27-13-17-12-18(23-28-17)14-6-9-16(22)10-7-14/h3-12H,13H2,1-2H3/b11-8+. The lowest BCUT2D eigenvalue weighted by Crippen LogP contribution is -2.00. The molecule has 0 N–H and O–H groups in total. The first kappa shape index (κ1) is 19.5. The van der Waals surface area contributed by atoms with Crippen molar-refractivity contribution >= 4 is 23.6 Å². The van der Waals surface area contributed by atoms with Crippen LogP contribution in [-0.2, 0) is 16.1 Å². The van der Waals surface area contributed by atoms with E-state index in [2.05, 4.69) is 5.16 Å². The Bertz CT molecular complexity index is 979. The van der Waals surface area contributed by atoms with Gasteiger partial charge in [-0.2, -0.15) is 0 Å². The fourth-order valence-corrected chi connectivity index (χ4v) is 2.66. The summed E-state index contributed by atoms with van der Waals surface area (Å²) in [6.45, 7) is -0.0288. The van der Waals surface area contributed by atoms with Gasteiger partial charge in [0.2, 0.25) is 0 Å². The van der Waals surface area contributed by atoms with Gasteiger partial charge >= 0.3 is 5.97 Å². The van der Waals surface area contributed by atoms with E-state index in [1.165, 1.54) is 13.2 Å². The second kappa shape index (κ2) is 9.10. The largest absolute Gasteiger partial charge is 0.493 e. The highest BCUT2D eigenvalue weighted by Crippen LogP contribution is 2.31. The van der Waals surface area contributed by atoms with Crippen LogP contribution in [0.5, 0.6) is 11.5 Å². The Morgan fingerprint density at radius 1 is 1.14 bits per heavy atom. The van der Waals surface area contributed by atoms with Gasteiger partial charge in [-0.15, -0.1) is 0 Å². The maximum atomic E-state index is 12.0. The van der Waals surface area contributed by atoms with Gasteiger partial charge in [0, 0.05) is 28.3 Å². The number of para-hydroxylation sites is 1. The predicted octanol–water partition coefficient (Wildman–Crippen LogP) is 4.77. The first-order chi connectivity index (χ1) is 13.6. The third-order valence-electron chi connectivity index (χ3n) is 3.89. The number of hydrogen-bond donors (Lipinski definition) is 0. The van der Waals surface area contributed by atoms with Crippen molar-refractivity contribution in [2.45, 2.75) is 6.61 Å². The van der Waals surface area contributed by atoms with E-state index in [9.17, 15) is 4.79 Å². The molecular weight excluding hydrogens is 382 g/mol. The summed E-state index contributed by atoms with van der Waals surface area (Å²) in [7, 11) is 3.09. The summed E-state index contributed by atoms with van der Waals surface area (Å²) in [6, 6.07) is 14.3. The lowest BCUT2D eigenvalue weighted by Gasteiger charge is -2.09. The Hall–Kier alpha value is -3.25. The zero-order valence-corrected chi connectivity index (χ0v) is 16.1. The van der Waals surface area contributed by atoms with Crippen molar-refractivity contribution in [2.24, 2.45) is 0 Å². The van der Waals surface area contributed by atoms with Crippen LogP contribution in [0.1, 0.15) is 11.3 Å². The topological polar surface area (TPSA) is 70.8 Å². The Morgan fingerprint density at radius 3 is 2.64 bits per heavy atom. The van der Waals surface area contributed by atoms with Crippen LogP contribution in [0, 0.1) is 0 Å². The Morgan fingerprint density at radius 2 is 1.93 bits per heavy atom. The number of halogens is 1. The molecule has 1 aromatic heterocycles. The summed E-state index contributed by atoms with van der Waals surface area (Å²) in [5.41, 5.74) is 2.19. The van der Waals surface area contributed by atoms with Gasteiger partial charge in [0.25, 0.3) is 0 Å². The molecule has 3 rings (SSSR count). The van der Waals surface area contributed by atoms with Crippen molar-refractivity contribution in [3.8, 4) is 22.8 Å². The first-order valence-electron chi connectivity index (χ1n) is 8.38. The SMILES string of the molecule is COc1cccc(/C=C/C(=O)OCc2cc(-c3ccc(Cl)cc3)no2)c1OC. The molecule has 0 bridgehead atoms. The summed E-state index contributed by atoms with van der Waals surface area (Å²) < 4.78 is 21.0. The van der Waals surface area contributed by atoms with Crippen molar-refractivity contribution in [1.82, 2.24) is 5.16 Å². The van der Waals surface area contributed by atoms with E-state index in [-0.39, 0.29) is 6.61 Å². The quantitative estimate of drug-likeness (QED) is 0.421. The molecule has 0 saturated heterocycles. The zero-order valence-electron chi connectivity index (χ0n) is 15.3. The van der Waals surface area contributed by atoms with Crippen LogP contribution in [0.4, 0.5) is 0 Å². The van der Waals surface area contributed by atoms with Crippen molar-refractivity contribution in [3.05, 3.63) is 71.0 Å². The zero-order chi connectivity index (χ0) is 19.9. The van der Waals surface area contributed by atoms with Crippen LogP contribution in [-0.4, -0.2) is 25.3 Å². The van der Waals surface area contributed by atoms with E-state index in [1.54, 1.807) is 49.6 Å². The average Bonchev–Trinajstić information content (AvgIpc) is 3.19. The number of carbonyl (C=O) groups excluding carboxylic acids is 1. The molecule has 0 aliphatic heterocycles. The molecule has 0 radical (unpaired) electrons. The van der Waals surface area contributed by atoms with Crippen molar-refractivity contribution in [3.63, 3.8) is 0 Å². The molecule has 0 atom stereocenters. The number of ether oxygens (including phenoxy) is 3. The average molecular weight is 400 g/mol. The number of methoxy groups -OCH3 is 2. The summed E-state index contributed by atoms with van der Waals surface area (Å²) in [5.74, 6) is 1.03. The van der Waals surface area contributed by atoms with E-state index in [0.717, 1.165) is 5.56 Å². The van der Waals surface area contributed by atoms with Gasteiger partial charge in [-0.1, -0.05) is 41.0 Å². The molecule has 2 aromatic carbocycles. The molecule has 0 aliphatic carbocycles. The van der Waals surface area contributed by atoms with Gasteiger partial charge in [0.05, 0.1) is 14.2 Å². The molecule has 6 nitrogen and oxygen atoms in total. The number of rotatable bonds is 7. The maximum Gasteiger partial charge on any atom is 0.331 e. The highest BCUT2D eigenvalue weighted by Gasteiger charge is 2.10. The summed E-state index contributed by atoms with van der Waals surface area (Å²) in [4.78, 5) is 12.0. The molecule has 0 aliphatic rings. The van der Waals surface area contributed by atoms with Gasteiger partial charge in [0.1, 0.15) is 5.69 Å². The van der Waals surface area contributed by atoms with Crippen LogP contribution in [0.2, 0.25) is 5.02 Å². The van der Waals surface area contributed by atoms with Gasteiger partial charge in [-0.05, 0) is 24.3 Å². The van der Waals surface area contributed by atoms with Crippen molar-refractivity contribution in [1.29, 1.82) is 0 Å². The number of esters is 1. The van der Waals surface area contributed by atoms with Crippen LogP contribution in [0.15, 0.2) is 59.1 Å². The number of benzene rings is 2. The van der Waals surface area contributed by atoms with Crippen molar-refractivity contribution in [2.75, 3.05) is 14.2 Å². The minimum Gasteiger partial charge on any atom is -0.493 e. The first-order valence-corrected chi connectivity index (χ1v) is 8.76. The second-order valence-electron chi connectivity index (χ2n) is 5.71. The summed E-state index contributed by atoms with van der Waals surface area (Å²) >= 11 is 5.88. The molecular formula is C21H18ClNO5. The third kappa shape index (κ3) is 4.72. The van der Waals surface area contributed by atoms with E-state index in [1.807, 2.05) is 12.1 Å². The lowest BCUT2D eigenvalue weighted by atomic mass is 10.1. The van der Waals surface area contributed by atoms with Crippen LogP contribution in [0.3, 0.4) is 0 Å². The molecule has 28 heavy (non-hydrogen) atoms. The molecule has 0 fully saturated rings. The highest BCUT2D eigenvalue weighted by atomic mass is 35.5. The normalized spacial score (nSPS) is 10.8. The van der Waals surface area contributed by atoms with E-state index < -0.39 is 5.97 Å². The second-order valence-corrected chi connectivity index (χ2v) is 6.15. The predicted molar refractivity (Wildman–Crippen MR) is 105 cm³/mol. The Balaban J connectivity index is 1.61. The van der Waals surface area contributed by atoms with Crippen molar-refractivity contribution < 1.29 is 23.5 Å². The van der Waals surface area contributed by atoms with Crippen LogP contribution >= 0.6 is 11.6 Å². The highest BCUT2D eigenvalue weighted by molar-refractivity contribution is 6.30. The molecule has 7 heteroatoms. The maximum absolute atomic E-state index is 12.0. The number of carbonyl (C=O) groups is 1. The van der Waals surface area contributed by atoms with E-state index in [4.69, 9.17) is 30.3 Å². The molecule has 0 unspecified atom stereocenters. The Kier molecular flexibility index (Phi) is 6.34. The molecule has 144 valence electrons. The fraction of sp³-hybridized carbons (Fsp3) is 0.143. The van der Waals surface area contributed by atoms with E-state index >= 15 is 0 Å². The molecule has 3 aromatic rings. The smallest absolute Gasteiger partial charge is 0.331 e. The van der Waals surface area contributed by atoms with Gasteiger partial charge in [-0.3, -0.25) is 0 Å². The third-order valence-corrected chi connectivity index (χ3v) is 4.14. The minimum atomic E-state index is -0.519. The van der Waals surface area contributed by atoms with E-state index in [0.29, 0.717) is 33.5 Å². The van der Waals surface area contributed by atoms with Gasteiger partial charge in [-0.25, -0.2) is 4.79 Å². The van der Waals surface area contributed by atoms with Crippen LogP contribution < -0.4 is 9.47 Å². The number of nitrogens with zero attached hydrogens (tertiary/aromatic N) is 1. The van der Waals surface area contributed by atoms with Gasteiger partial charge in [0.15, 0.2) is 23.9 Å². The monoisotopic (exact) mass is 399 g/mol. The lowest BCUT2D eigenvalue weighted by molar-refractivity contribution is -0.139. The number of aromatic nitrogens is 1. The molecule has 0 amide bonds. The van der Waals surface area contributed by atoms with Crippen LogP contribution in [0.25, 0.3) is 17.3 Å². The minimum absolute atomic E-state index is 0.0288. The molecule has 1 heterocycles. The Labute approximate surface area is 167 Å². The fourth-order valence-electron chi connectivity index (χ4n) is 2.53. The summed E-state index contributed by atoms with van der Waals surface area (Å²) in [5, 5.41) is 4.61. The summed E-state index contributed by atoms with van der Waals surface area (Å²) in [6.07, 6.45) is 2.91. The number of hydrogen-bond acceptors (Lipinski definition) is 6. The molecule has 0 saturated carbocycles. The molecule has 0 spiro atoms.